The normalized spacial score (nSPS) is 36.6. The second-order valence-electron chi connectivity index (χ2n) is 11.9. The summed E-state index contributed by atoms with van der Waals surface area (Å²) >= 11 is 1.59. The third kappa shape index (κ3) is 3.63. The number of carbonyl (C=O) groups is 3. The van der Waals surface area contributed by atoms with Crippen LogP contribution in [0.2, 0.25) is 0 Å². The summed E-state index contributed by atoms with van der Waals surface area (Å²) < 4.78 is -1.46. The molecule has 7 nitrogen and oxygen atoms in total. The van der Waals surface area contributed by atoms with E-state index in [2.05, 4.69) is 19.9 Å². The van der Waals surface area contributed by atoms with Gasteiger partial charge in [-0.25, -0.2) is 0 Å². The molecule has 3 amide bonds. The summed E-state index contributed by atoms with van der Waals surface area (Å²) in [6.07, 6.45) is 8.70. The van der Waals surface area contributed by atoms with Crippen molar-refractivity contribution >= 4 is 29.5 Å². The summed E-state index contributed by atoms with van der Waals surface area (Å²) in [4.78, 5) is 47.4. The molecule has 1 N–H and O–H groups in total. The number of hydrogen-bond acceptors (Lipinski definition) is 5. The standard InChI is InChI=1S/C26H39N3O4S/c1-16(2)14-17(15-30)29-20-23(33)28(24(3,4)5)13-9-11-26(20)19(22(29)32)18-21(31)27(7)12-8-10-25(18,6)34-26/h8-11,16-20,30H,12-15H2,1-7H3/t17-,18+,19+,20?,25-,26+/m1/s1. The largest absolute Gasteiger partial charge is 0.394 e. The summed E-state index contributed by atoms with van der Waals surface area (Å²) in [6.45, 7) is 12.9. The van der Waals surface area contributed by atoms with E-state index in [0.29, 0.717) is 19.5 Å². The van der Waals surface area contributed by atoms with Crippen LogP contribution in [0.1, 0.15) is 48.0 Å². The lowest BCUT2D eigenvalue weighted by Crippen LogP contribution is -2.59. The van der Waals surface area contributed by atoms with E-state index in [0.717, 1.165) is 0 Å². The lowest BCUT2D eigenvalue weighted by Gasteiger charge is -2.43. The SMILES string of the molecule is CC(C)C[C@H](CO)N1C(=O)[C@@H]2[C@H]3C(=O)N(C)CC=C[C@@]3(C)S[C@@]23C=CCN(C(C)(C)C)C(=O)C13. The van der Waals surface area contributed by atoms with Gasteiger partial charge in [-0.2, -0.15) is 0 Å². The lowest BCUT2D eigenvalue weighted by molar-refractivity contribution is -0.149. The fourth-order valence-electron chi connectivity index (χ4n) is 6.40. The minimum Gasteiger partial charge on any atom is -0.394 e. The van der Waals surface area contributed by atoms with E-state index in [1.54, 1.807) is 28.6 Å². The van der Waals surface area contributed by atoms with Crippen molar-refractivity contribution in [1.82, 2.24) is 14.7 Å². The Hall–Kier alpha value is -1.80. The van der Waals surface area contributed by atoms with Gasteiger partial charge >= 0.3 is 0 Å². The number of aliphatic hydroxyl groups excluding tert-OH is 1. The van der Waals surface area contributed by atoms with E-state index < -0.39 is 39.0 Å². The molecule has 0 radical (unpaired) electrons. The fraction of sp³-hybridized carbons (Fsp3) is 0.731. The Labute approximate surface area is 207 Å². The summed E-state index contributed by atoms with van der Waals surface area (Å²) in [5.41, 5.74) is -0.431. The summed E-state index contributed by atoms with van der Waals surface area (Å²) in [6, 6.07) is -1.24. The van der Waals surface area contributed by atoms with Crippen molar-refractivity contribution in [1.29, 1.82) is 0 Å². The third-order valence-electron chi connectivity index (χ3n) is 7.85. The van der Waals surface area contributed by atoms with Crippen molar-refractivity contribution < 1.29 is 19.5 Å². The van der Waals surface area contributed by atoms with Crippen LogP contribution in [0.5, 0.6) is 0 Å². The van der Waals surface area contributed by atoms with Crippen LogP contribution in [0.3, 0.4) is 0 Å². The van der Waals surface area contributed by atoms with Gasteiger partial charge in [-0.15, -0.1) is 11.8 Å². The van der Waals surface area contributed by atoms with Gasteiger partial charge in [0, 0.05) is 30.4 Å². The van der Waals surface area contributed by atoms with Crippen LogP contribution in [0.25, 0.3) is 0 Å². The van der Waals surface area contributed by atoms with Crippen LogP contribution in [-0.2, 0) is 14.4 Å². The van der Waals surface area contributed by atoms with Gasteiger partial charge in [-0.1, -0.05) is 38.2 Å². The summed E-state index contributed by atoms with van der Waals surface area (Å²) in [5, 5.41) is 10.4. The number of carbonyl (C=O) groups excluding carboxylic acids is 3. The van der Waals surface area contributed by atoms with Crippen molar-refractivity contribution in [3.05, 3.63) is 24.3 Å². The van der Waals surface area contributed by atoms with E-state index >= 15 is 0 Å². The lowest BCUT2D eigenvalue weighted by atomic mass is 9.74. The molecule has 0 bridgehead atoms. The van der Waals surface area contributed by atoms with Crippen LogP contribution in [0.4, 0.5) is 0 Å². The van der Waals surface area contributed by atoms with Gasteiger partial charge in [-0.05, 0) is 40.0 Å². The Balaban J connectivity index is 1.92. The molecule has 0 saturated carbocycles. The van der Waals surface area contributed by atoms with Crippen molar-refractivity contribution in [3.63, 3.8) is 0 Å². The zero-order chi connectivity index (χ0) is 25.2. The highest BCUT2D eigenvalue weighted by Gasteiger charge is 2.74. The van der Waals surface area contributed by atoms with Crippen LogP contribution in [-0.4, -0.2) is 91.4 Å². The smallest absolute Gasteiger partial charge is 0.247 e. The molecule has 0 aromatic heterocycles. The number of likely N-dealkylation sites (N-methyl/N-ethyl adjacent to an activating group) is 1. The molecule has 1 spiro atoms. The maximum absolute atomic E-state index is 14.3. The first-order valence-corrected chi connectivity index (χ1v) is 13.1. The van der Waals surface area contributed by atoms with Crippen molar-refractivity contribution in [2.75, 3.05) is 26.7 Å². The molecule has 2 saturated heterocycles. The molecular weight excluding hydrogens is 450 g/mol. The molecule has 34 heavy (non-hydrogen) atoms. The maximum atomic E-state index is 14.3. The second-order valence-corrected chi connectivity index (χ2v) is 13.6. The fourth-order valence-corrected chi connectivity index (χ4v) is 8.54. The van der Waals surface area contributed by atoms with Gasteiger partial charge < -0.3 is 19.8 Å². The Bertz CT molecular complexity index is 941. The first-order chi connectivity index (χ1) is 15.8. The van der Waals surface area contributed by atoms with E-state index in [1.807, 2.05) is 50.8 Å². The van der Waals surface area contributed by atoms with Crippen molar-refractivity contribution in [3.8, 4) is 0 Å². The Morgan fingerprint density at radius 2 is 1.71 bits per heavy atom. The number of likely N-dealkylation sites (tertiary alicyclic amines) is 1. The number of rotatable bonds is 4. The molecule has 0 aliphatic carbocycles. The number of aliphatic hydroxyl groups is 1. The molecule has 0 aromatic carbocycles. The Morgan fingerprint density at radius 1 is 1.06 bits per heavy atom. The molecular formula is C26H39N3O4S. The predicted molar refractivity (Wildman–Crippen MR) is 134 cm³/mol. The van der Waals surface area contributed by atoms with Crippen LogP contribution in [0, 0.1) is 17.8 Å². The van der Waals surface area contributed by atoms with Gasteiger partial charge in [0.2, 0.25) is 17.7 Å². The molecule has 4 heterocycles. The molecule has 2 fully saturated rings. The number of amides is 3. The second kappa shape index (κ2) is 8.40. The molecule has 4 aliphatic rings. The summed E-state index contributed by atoms with van der Waals surface area (Å²) in [7, 11) is 1.77. The van der Waals surface area contributed by atoms with Crippen LogP contribution in [0.15, 0.2) is 24.3 Å². The van der Waals surface area contributed by atoms with E-state index in [4.69, 9.17) is 0 Å². The van der Waals surface area contributed by atoms with E-state index in [-0.39, 0.29) is 30.2 Å². The minimum absolute atomic E-state index is 0.0574. The number of fused-ring (bicyclic) bond motifs is 2. The van der Waals surface area contributed by atoms with Crippen molar-refractivity contribution in [2.45, 2.75) is 75.1 Å². The first-order valence-electron chi connectivity index (χ1n) is 12.3. The Kier molecular flexibility index (Phi) is 6.25. The zero-order valence-electron chi connectivity index (χ0n) is 21.4. The zero-order valence-corrected chi connectivity index (χ0v) is 22.3. The van der Waals surface area contributed by atoms with Crippen LogP contribution < -0.4 is 0 Å². The number of thioether (sulfide) groups is 1. The molecule has 0 aromatic rings. The highest BCUT2D eigenvalue weighted by atomic mass is 32.2. The van der Waals surface area contributed by atoms with Crippen molar-refractivity contribution in [2.24, 2.45) is 17.8 Å². The summed E-state index contributed by atoms with van der Waals surface area (Å²) in [5.74, 6) is -1.34. The molecule has 6 atom stereocenters. The molecule has 8 heteroatoms. The number of hydrogen-bond donors (Lipinski definition) is 1. The van der Waals surface area contributed by atoms with E-state index in [1.165, 1.54) is 0 Å². The quantitative estimate of drug-likeness (QED) is 0.613. The average molecular weight is 490 g/mol. The predicted octanol–water partition coefficient (Wildman–Crippen LogP) is 2.31. The van der Waals surface area contributed by atoms with Gasteiger partial charge in [0.15, 0.2) is 0 Å². The molecule has 4 rings (SSSR count). The van der Waals surface area contributed by atoms with Gasteiger partial charge in [0.1, 0.15) is 6.04 Å². The number of nitrogens with zero attached hydrogens (tertiary/aromatic N) is 3. The molecule has 1 unspecified atom stereocenters. The highest BCUT2D eigenvalue weighted by Crippen LogP contribution is 2.66. The minimum atomic E-state index is -0.865. The first kappa shape index (κ1) is 25.3. The average Bonchev–Trinajstić information content (AvgIpc) is 3.00. The highest BCUT2D eigenvalue weighted by molar-refractivity contribution is 8.02. The topological polar surface area (TPSA) is 81.2 Å². The van der Waals surface area contributed by atoms with E-state index in [9.17, 15) is 19.5 Å². The van der Waals surface area contributed by atoms with Crippen LogP contribution >= 0.6 is 11.8 Å². The third-order valence-corrected chi connectivity index (χ3v) is 9.65. The molecule has 4 aliphatic heterocycles. The van der Waals surface area contributed by atoms with Gasteiger partial charge in [0.25, 0.3) is 0 Å². The monoisotopic (exact) mass is 489 g/mol. The molecule has 188 valence electrons. The van der Waals surface area contributed by atoms with Gasteiger partial charge in [0.05, 0.1) is 29.2 Å². The Morgan fingerprint density at radius 3 is 2.29 bits per heavy atom. The van der Waals surface area contributed by atoms with Gasteiger partial charge in [-0.3, -0.25) is 14.4 Å². The maximum Gasteiger partial charge on any atom is 0.247 e.